The minimum absolute atomic E-state index is 0.380. The number of benzene rings is 1. The lowest BCUT2D eigenvalue weighted by Crippen LogP contribution is -2.68. The Morgan fingerprint density at radius 3 is 2.21 bits per heavy atom. The van der Waals surface area contributed by atoms with Crippen LogP contribution in [-0.2, 0) is 11.3 Å². The van der Waals surface area contributed by atoms with Gasteiger partial charge >= 0.3 is 6.18 Å². The van der Waals surface area contributed by atoms with Crippen LogP contribution in [0.15, 0.2) is 24.3 Å². The number of alkyl halides is 3. The molecule has 1 aliphatic carbocycles. The smallest absolute Gasteiger partial charge is 0.382 e. The maximum Gasteiger partial charge on any atom is 0.406 e. The molecule has 2 aromatic rings. The SMILES string of the molecule is CC.CC.Cc1cc2c(NC3CCC(N4CC5(COC5)C4)CC3)cccc2n1CC(F)(F)F. The summed E-state index contributed by atoms with van der Waals surface area (Å²) < 4.78 is 45.6. The summed E-state index contributed by atoms with van der Waals surface area (Å²) in [6.45, 7) is 13.0. The molecule has 2 aliphatic heterocycles. The lowest BCUT2D eigenvalue weighted by molar-refractivity contribution is -0.200. The Bertz CT molecular complexity index is 888. The molecule has 1 aromatic heterocycles. The summed E-state index contributed by atoms with van der Waals surface area (Å²) in [6, 6.07) is 8.54. The Morgan fingerprint density at radius 2 is 1.67 bits per heavy atom. The largest absolute Gasteiger partial charge is 0.406 e. The molecule has 4 nitrogen and oxygen atoms in total. The van der Waals surface area contributed by atoms with Gasteiger partial charge in [-0.2, -0.15) is 13.2 Å². The van der Waals surface area contributed by atoms with Crippen LogP contribution >= 0.6 is 0 Å². The standard InChI is InChI=1S/C22H28F3N3O.2C2H6/c1-15-9-18-19(3-2-4-20(18)28(15)12-22(23,24)25)26-16-5-7-17(8-6-16)27-10-21(11-27)13-29-14-21;2*1-2/h2-4,9,16-17,26H,5-8,10-14H2,1H3;2*1-2H3. The highest BCUT2D eigenvalue weighted by molar-refractivity contribution is 5.93. The van der Waals surface area contributed by atoms with Gasteiger partial charge in [-0.3, -0.25) is 4.90 Å². The fourth-order valence-corrected chi connectivity index (χ4v) is 5.38. The van der Waals surface area contributed by atoms with Gasteiger partial charge in [0.05, 0.1) is 18.7 Å². The number of hydrogen-bond acceptors (Lipinski definition) is 3. The van der Waals surface area contributed by atoms with Crippen molar-refractivity contribution in [2.24, 2.45) is 5.41 Å². The molecular weight excluding hydrogens is 427 g/mol. The van der Waals surface area contributed by atoms with Crippen LogP contribution < -0.4 is 5.32 Å². The van der Waals surface area contributed by atoms with Gasteiger partial charge in [-0.15, -0.1) is 0 Å². The minimum atomic E-state index is -4.22. The summed E-state index contributed by atoms with van der Waals surface area (Å²) in [4.78, 5) is 2.61. The fourth-order valence-electron chi connectivity index (χ4n) is 5.38. The van der Waals surface area contributed by atoms with Crippen LogP contribution in [-0.4, -0.2) is 54.0 Å². The second-order valence-electron chi connectivity index (χ2n) is 9.27. The van der Waals surface area contributed by atoms with Crippen LogP contribution in [0.4, 0.5) is 18.9 Å². The molecule has 0 radical (unpaired) electrons. The summed E-state index contributed by atoms with van der Waals surface area (Å²) in [6.07, 6.45) is 0.337. The molecule has 1 saturated carbocycles. The van der Waals surface area contributed by atoms with Crippen molar-refractivity contribution in [1.82, 2.24) is 9.47 Å². The van der Waals surface area contributed by atoms with Gasteiger partial charge in [0.15, 0.2) is 0 Å². The molecule has 1 aromatic carbocycles. The van der Waals surface area contributed by atoms with Crippen molar-refractivity contribution in [1.29, 1.82) is 0 Å². The number of likely N-dealkylation sites (tertiary alicyclic amines) is 1. The van der Waals surface area contributed by atoms with Crippen molar-refractivity contribution in [3.8, 4) is 0 Å². The third kappa shape index (κ3) is 5.68. The fraction of sp³-hybridized carbons (Fsp3) is 0.692. The van der Waals surface area contributed by atoms with Gasteiger partial charge in [0.1, 0.15) is 6.54 Å². The highest BCUT2D eigenvalue weighted by Gasteiger charge is 2.50. The van der Waals surface area contributed by atoms with E-state index in [1.807, 2.05) is 45.9 Å². The first-order chi connectivity index (χ1) is 15.8. The molecule has 5 rings (SSSR count). The van der Waals surface area contributed by atoms with E-state index < -0.39 is 12.7 Å². The van der Waals surface area contributed by atoms with Gasteiger partial charge in [0, 0.05) is 47.4 Å². The predicted molar refractivity (Wildman–Crippen MR) is 130 cm³/mol. The van der Waals surface area contributed by atoms with Gasteiger partial charge in [-0.05, 0) is 50.8 Å². The third-order valence-electron chi connectivity index (χ3n) is 6.96. The molecular formula is C26H40F3N3O. The number of nitrogens with one attached hydrogen (secondary N) is 1. The van der Waals surface area contributed by atoms with Gasteiger partial charge in [-0.25, -0.2) is 0 Å². The Morgan fingerprint density at radius 1 is 1.03 bits per heavy atom. The van der Waals surface area contributed by atoms with Crippen LogP contribution in [0.2, 0.25) is 0 Å². The van der Waals surface area contributed by atoms with E-state index in [1.165, 1.54) is 30.5 Å². The zero-order valence-electron chi connectivity index (χ0n) is 20.8. The van der Waals surface area contributed by atoms with E-state index in [1.54, 1.807) is 13.0 Å². The second kappa shape index (κ2) is 10.7. The molecule has 0 bridgehead atoms. The quantitative estimate of drug-likeness (QED) is 0.548. The van der Waals surface area contributed by atoms with Crippen molar-refractivity contribution in [2.45, 2.75) is 85.1 Å². The summed E-state index contributed by atoms with van der Waals surface area (Å²) >= 11 is 0. The van der Waals surface area contributed by atoms with Crippen molar-refractivity contribution in [2.75, 3.05) is 31.6 Å². The highest BCUT2D eigenvalue weighted by Crippen LogP contribution is 2.41. The summed E-state index contributed by atoms with van der Waals surface area (Å²) in [7, 11) is 0. The number of aromatic nitrogens is 1. The lowest BCUT2D eigenvalue weighted by Gasteiger charge is -2.58. The van der Waals surface area contributed by atoms with Crippen LogP contribution in [0.25, 0.3) is 10.9 Å². The number of halogens is 3. The molecule has 0 amide bonds. The summed E-state index contributed by atoms with van der Waals surface area (Å²) in [5.74, 6) is 0. The summed E-state index contributed by atoms with van der Waals surface area (Å²) in [5, 5.41) is 4.51. The average molecular weight is 468 g/mol. The topological polar surface area (TPSA) is 29.4 Å². The van der Waals surface area contributed by atoms with E-state index in [0.717, 1.165) is 37.1 Å². The Balaban J connectivity index is 0.000000728. The van der Waals surface area contributed by atoms with Crippen LogP contribution in [0.3, 0.4) is 0 Å². The van der Waals surface area contributed by atoms with Gasteiger partial charge in [-0.1, -0.05) is 33.8 Å². The lowest BCUT2D eigenvalue weighted by atomic mass is 9.75. The van der Waals surface area contributed by atoms with Gasteiger partial charge < -0.3 is 14.6 Å². The third-order valence-corrected chi connectivity index (χ3v) is 6.96. The second-order valence-corrected chi connectivity index (χ2v) is 9.27. The van der Waals surface area contributed by atoms with Crippen LogP contribution in [0.5, 0.6) is 0 Å². The molecule has 0 atom stereocenters. The number of aryl methyl sites for hydroxylation is 1. The highest BCUT2D eigenvalue weighted by atomic mass is 19.4. The zero-order chi connectivity index (χ0) is 24.2. The van der Waals surface area contributed by atoms with E-state index in [9.17, 15) is 13.2 Å². The first-order valence-electron chi connectivity index (χ1n) is 12.6. The van der Waals surface area contributed by atoms with Crippen molar-refractivity contribution < 1.29 is 17.9 Å². The number of ether oxygens (including phenoxy) is 1. The maximum atomic E-state index is 13.0. The molecule has 1 N–H and O–H groups in total. The van der Waals surface area contributed by atoms with E-state index in [0.29, 0.717) is 28.7 Å². The van der Waals surface area contributed by atoms with Crippen molar-refractivity contribution in [3.63, 3.8) is 0 Å². The zero-order valence-corrected chi connectivity index (χ0v) is 20.8. The normalized spacial score (nSPS) is 24.1. The first-order valence-corrected chi connectivity index (χ1v) is 12.6. The average Bonchev–Trinajstić information content (AvgIpc) is 3.05. The van der Waals surface area contributed by atoms with Crippen molar-refractivity contribution in [3.05, 3.63) is 30.0 Å². The molecule has 2 saturated heterocycles. The molecule has 3 aliphatic rings. The van der Waals surface area contributed by atoms with E-state index in [-0.39, 0.29) is 0 Å². The number of hydrogen-bond donors (Lipinski definition) is 1. The molecule has 186 valence electrons. The number of anilines is 1. The monoisotopic (exact) mass is 467 g/mol. The first kappa shape index (κ1) is 25.9. The molecule has 7 heteroatoms. The number of nitrogens with zero attached hydrogens (tertiary/aromatic N) is 2. The van der Waals surface area contributed by atoms with Gasteiger partial charge in [0.2, 0.25) is 0 Å². The van der Waals surface area contributed by atoms with Gasteiger partial charge in [0.25, 0.3) is 0 Å². The Hall–Kier alpha value is -1.73. The molecule has 0 unspecified atom stereocenters. The molecule has 3 fully saturated rings. The Labute approximate surface area is 196 Å². The molecule has 33 heavy (non-hydrogen) atoms. The minimum Gasteiger partial charge on any atom is -0.382 e. The van der Waals surface area contributed by atoms with E-state index in [4.69, 9.17) is 4.74 Å². The maximum absolute atomic E-state index is 13.0. The van der Waals surface area contributed by atoms with Crippen molar-refractivity contribution >= 4 is 16.6 Å². The Kier molecular flexibility index (Phi) is 8.38. The predicted octanol–water partition coefficient (Wildman–Crippen LogP) is 6.62. The van der Waals surface area contributed by atoms with E-state index >= 15 is 0 Å². The molecule has 3 heterocycles. The molecule has 1 spiro atoms. The van der Waals surface area contributed by atoms with Crippen LogP contribution in [0.1, 0.15) is 59.1 Å². The van der Waals surface area contributed by atoms with Crippen LogP contribution in [0, 0.1) is 12.3 Å². The van der Waals surface area contributed by atoms with E-state index in [2.05, 4.69) is 10.2 Å². The number of fused-ring (bicyclic) bond motifs is 1. The summed E-state index contributed by atoms with van der Waals surface area (Å²) in [5.41, 5.74) is 2.70. The number of rotatable bonds is 4.